The Morgan fingerprint density at radius 3 is 2.34 bits per heavy atom. The maximum Gasteiger partial charge on any atom is 0.321 e. The number of nitrogens with one attached hydrogen (secondary N) is 2. The Hall–Kier alpha value is -3.89. The summed E-state index contributed by atoms with van der Waals surface area (Å²) in [6, 6.07) is 12.9. The molecule has 216 valence electrons. The molecule has 1 spiro atoms. The third-order valence-corrected chi connectivity index (χ3v) is 8.37. The summed E-state index contributed by atoms with van der Waals surface area (Å²) in [7, 11) is 6.78. The lowest BCUT2D eigenvalue weighted by molar-refractivity contribution is -0.0224. The van der Waals surface area contributed by atoms with E-state index >= 15 is 0 Å². The molecule has 1 aliphatic carbocycles. The molecular weight excluding hydrogens is 542 g/mol. The van der Waals surface area contributed by atoms with Gasteiger partial charge in [0.1, 0.15) is 5.69 Å². The van der Waals surface area contributed by atoms with Crippen LogP contribution in [0, 0.1) is 0 Å². The molecule has 1 aromatic carbocycles. The van der Waals surface area contributed by atoms with Crippen molar-refractivity contribution >= 4 is 35.1 Å². The van der Waals surface area contributed by atoms with Gasteiger partial charge in [-0.3, -0.25) is 19.5 Å². The van der Waals surface area contributed by atoms with Crippen molar-refractivity contribution < 1.29 is 14.4 Å². The molecule has 41 heavy (non-hydrogen) atoms. The van der Waals surface area contributed by atoms with Gasteiger partial charge in [-0.1, -0.05) is 23.7 Å². The lowest BCUT2D eigenvalue weighted by Crippen LogP contribution is -2.56. The van der Waals surface area contributed by atoms with Gasteiger partial charge in [-0.15, -0.1) is 0 Å². The highest BCUT2D eigenvalue weighted by Gasteiger charge is 2.48. The van der Waals surface area contributed by atoms with Gasteiger partial charge in [0.05, 0.1) is 21.8 Å². The smallest absolute Gasteiger partial charge is 0.321 e. The van der Waals surface area contributed by atoms with E-state index < -0.39 is 0 Å². The first-order valence-corrected chi connectivity index (χ1v) is 14.1. The molecule has 5 rings (SSSR count). The number of fused-ring (bicyclic) bond motifs is 2. The predicted octanol–water partition coefficient (Wildman–Crippen LogP) is 4.16. The molecule has 10 nitrogen and oxygen atoms in total. The molecule has 0 radical (unpaired) electrons. The van der Waals surface area contributed by atoms with E-state index in [0.717, 1.165) is 42.8 Å². The average Bonchev–Trinajstić information content (AvgIpc) is 3.36. The molecule has 1 fully saturated rings. The quantitative estimate of drug-likeness (QED) is 0.439. The Balaban J connectivity index is 1.26. The zero-order chi connectivity index (χ0) is 29.3. The highest BCUT2D eigenvalue weighted by Crippen LogP contribution is 2.49. The summed E-state index contributed by atoms with van der Waals surface area (Å²) >= 11 is 6.59. The number of nitrogens with zero attached hydrogens (tertiary/aromatic N) is 5. The maximum atomic E-state index is 13.2. The summed E-state index contributed by atoms with van der Waals surface area (Å²) in [4.78, 5) is 47.4. The lowest BCUT2D eigenvalue weighted by Gasteiger charge is -2.53. The fourth-order valence-electron chi connectivity index (χ4n) is 5.58. The Labute approximate surface area is 245 Å². The van der Waals surface area contributed by atoms with Gasteiger partial charge in [-0.2, -0.15) is 0 Å². The Kier molecular flexibility index (Phi) is 8.06. The molecule has 3 aromatic rings. The van der Waals surface area contributed by atoms with E-state index in [1.165, 1.54) is 9.80 Å². The van der Waals surface area contributed by atoms with Crippen LogP contribution in [0.25, 0.3) is 0 Å². The van der Waals surface area contributed by atoms with Crippen molar-refractivity contribution in [1.82, 2.24) is 29.6 Å². The molecule has 0 bridgehead atoms. The second-order valence-corrected chi connectivity index (χ2v) is 11.5. The van der Waals surface area contributed by atoms with Crippen LogP contribution in [-0.2, 0) is 25.2 Å². The van der Waals surface area contributed by atoms with Crippen molar-refractivity contribution in [2.45, 2.75) is 44.4 Å². The summed E-state index contributed by atoms with van der Waals surface area (Å²) < 4.78 is 2.15. The van der Waals surface area contributed by atoms with Gasteiger partial charge < -0.3 is 25.0 Å². The van der Waals surface area contributed by atoms with Gasteiger partial charge in [0.2, 0.25) is 0 Å². The first-order valence-electron chi connectivity index (χ1n) is 13.8. The molecule has 0 unspecified atom stereocenters. The minimum absolute atomic E-state index is 0.116. The Morgan fingerprint density at radius 1 is 1.00 bits per heavy atom. The molecule has 2 aliphatic rings. The van der Waals surface area contributed by atoms with Crippen molar-refractivity contribution in [1.29, 1.82) is 0 Å². The number of halogens is 1. The molecule has 2 N–H and O–H groups in total. The van der Waals surface area contributed by atoms with Crippen molar-refractivity contribution in [3.05, 3.63) is 81.9 Å². The number of anilines is 1. The van der Waals surface area contributed by atoms with Crippen molar-refractivity contribution in [2.24, 2.45) is 0 Å². The molecule has 1 saturated carbocycles. The van der Waals surface area contributed by atoms with Crippen LogP contribution in [0.3, 0.4) is 0 Å². The second-order valence-electron chi connectivity index (χ2n) is 11.1. The van der Waals surface area contributed by atoms with Gasteiger partial charge >= 0.3 is 6.03 Å². The van der Waals surface area contributed by atoms with Crippen molar-refractivity contribution in [2.75, 3.05) is 40.1 Å². The van der Waals surface area contributed by atoms with E-state index in [1.54, 1.807) is 40.5 Å². The standard InChI is InChI=1S/C30H36ClN7O3/c1-35(2)28(40)21-16-23(31)24(32-18-21)19-37-14-15-38-25(10-11-26(38)30(37)12-5-13-30)27(39)33-17-20-6-8-22(9-7-20)34-29(41)36(3)4/h6-11,16,18H,5,12-15,17,19H2,1-4H3,(H,33,39)(H,34,41). The van der Waals surface area contributed by atoms with Gasteiger partial charge in [0.25, 0.3) is 11.8 Å². The van der Waals surface area contributed by atoms with Gasteiger partial charge in [-0.05, 0) is 55.2 Å². The van der Waals surface area contributed by atoms with Crippen LogP contribution in [-0.4, -0.2) is 76.8 Å². The fourth-order valence-corrected chi connectivity index (χ4v) is 5.80. The van der Waals surface area contributed by atoms with E-state index in [4.69, 9.17) is 11.6 Å². The van der Waals surface area contributed by atoms with E-state index in [-0.39, 0.29) is 23.4 Å². The van der Waals surface area contributed by atoms with Crippen LogP contribution in [0.1, 0.15) is 57.1 Å². The average molecular weight is 578 g/mol. The Bertz CT molecular complexity index is 1460. The van der Waals surface area contributed by atoms with Crippen molar-refractivity contribution in [3.8, 4) is 0 Å². The summed E-state index contributed by atoms with van der Waals surface area (Å²) in [6.07, 6.45) is 4.72. The third-order valence-electron chi connectivity index (χ3n) is 8.05. The van der Waals surface area contributed by atoms with Gasteiger partial charge in [-0.25, -0.2) is 4.79 Å². The van der Waals surface area contributed by atoms with Gasteiger partial charge in [0.15, 0.2) is 0 Å². The number of hydrogen-bond acceptors (Lipinski definition) is 5. The topological polar surface area (TPSA) is 103 Å². The number of aromatic nitrogens is 2. The summed E-state index contributed by atoms with van der Waals surface area (Å²) in [5.41, 5.74) is 4.50. The van der Waals surface area contributed by atoms with Crippen LogP contribution in [0.5, 0.6) is 0 Å². The number of amides is 4. The number of pyridine rings is 1. The maximum absolute atomic E-state index is 13.2. The molecule has 1 aliphatic heterocycles. The van der Waals surface area contributed by atoms with E-state index in [9.17, 15) is 14.4 Å². The van der Waals surface area contributed by atoms with Crippen LogP contribution >= 0.6 is 11.6 Å². The van der Waals surface area contributed by atoms with Gasteiger partial charge in [0, 0.05) is 71.9 Å². The molecule has 4 amide bonds. The predicted molar refractivity (Wildman–Crippen MR) is 158 cm³/mol. The first-order chi connectivity index (χ1) is 19.6. The van der Waals surface area contributed by atoms with E-state index in [2.05, 4.69) is 31.2 Å². The summed E-state index contributed by atoms with van der Waals surface area (Å²) in [5, 5.41) is 6.34. The number of benzene rings is 1. The zero-order valence-electron chi connectivity index (χ0n) is 23.9. The van der Waals surface area contributed by atoms with Crippen molar-refractivity contribution in [3.63, 3.8) is 0 Å². The van der Waals surface area contributed by atoms with E-state index in [0.29, 0.717) is 41.6 Å². The molecule has 11 heteroatoms. The first kappa shape index (κ1) is 28.6. The summed E-state index contributed by atoms with van der Waals surface area (Å²) in [5.74, 6) is -0.247. The monoisotopic (exact) mass is 577 g/mol. The molecule has 0 atom stereocenters. The van der Waals surface area contributed by atoms with Crippen LogP contribution in [0.2, 0.25) is 5.02 Å². The second kappa shape index (κ2) is 11.5. The number of carbonyl (C=O) groups is 3. The van der Waals surface area contributed by atoms with Crippen LogP contribution in [0.4, 0.5) is 10.5 Å². The molecule has 2 aromatic heterocycles. The molecule has 3 heterocycles. The number of urea groups is 1. The number of rotatable bonds is 7. The Morgan fingerprint density at radius 2 is 1.73 bits per heavy atom. The lowest BCUT2D eigenvalue weighted by atomic mass is 9.72. The largest absolute Gasteiger partial charge is 0.347 e. The third kappa shape index (κ3) is 5.67. The zero-order valence-corrected chi connectivity index (χ0v) is 24.7. The molecule has 0 saturated heterocycles. The minimum atomic E-state index is -0.194. The normalized spacial score (nSPS) is 15.5. The van der Waals surface area contributed by atoms with Crippen LogP contribution in [0.15, 0.2) is 48.7 Å². The highest BCUT2D eigenvalue weighted by atomic mass is 35.5. The fraction of sp³-hybridized carbons (Fsp3) is 0.400. The number of hydrogen-bond donors (Lipinski definition) is 2. The minimum Gasteiger partial charge on any atom is -0.347 e. The van der Waals surface area contributed by atoms with Crippen LogP contribution < -0.4 is 10.6 Å². The summed E-state index contributed by atoms with van der Waals surface area (Å²) in [6.45, 7) is 2.41. The highest BCUT2D eigenvalue weighted by molar-refractivity contribution is 6.31. The molecular formula is C30H36ClN7O3. The van der Waals surface area contributed by atoms with E-state index in [1.807, 2.05) is 30.3 Å². The SMILES string of the molecule is CN(C)C(=O)Nc1ccc(CNC(=O)c2ccc3n2CCN(Cc2ncc(C(=O)N(C)C)cc2Cl)C32CCC2)cc1. The number of carbonyl (C=O) groups excluding carboxylic acids is 3.